The van der Waals surface area contributed by atoms with Gasteiger partial charge in [0.1, 0.15) is 6.33 Å². The lowest BCUT2D eigenvalue weighted by Crippen LogP contribution is -2.13. The van der Waals surface area contributed by atoms with Crippen molar-refractivity contribution in [1.82, 2.24) is 25.2 Å². The third kappa shape index (κ3) is 2.83. The van der Waals surface area contributed by atoms with Gasteiger partial charge in [0.2, 0.25) is 0 Å². The van der Waals surface area contributed by atoms with E-state index >= 15 is 0 Å². The molecule has 2 aromatic carbocycles. The summed E-state index contributed by atoms with van der Waals surface area (Å²) < 4.78 is 1.58. The number of hydrogen-bond acceptors (Lipinski definition) is 5. The lowest BCUT2D eigenvalue weighted by molar-refractivity contribution is 0.102. The second-order valence-corrected chi connectivity index (χ2v) is 5.59. The number of para-hydroxylation sites is 1. The SMILES string of the molecule is Cc1cc(NC(=O)c2ccnc3ccccc23)ccc1-n1cnnn1. The smallest absolute Gasteiger partial charge is 0.256 e. The van der Waals surface area contributed by atoms with E-state index in [-0.39, 0.29) is 5.91 Å². The molecule has 0 radical (unpaired) electrons. The summed E-state index contributed by atoms with van der Waals surface area (Å²) in [5, 5.41) is 14.9. The molecular formula is C18H14N6O. The first-order valence-corrected chi connectivity index (χ1v) is 7.71. The Labute approximate surface area is 143 Å². The number of amides is 1. The number of rotatable bonds is 3. The van der Waals surface area contributed by atoms with Crippen LogP contribution in [0, 0.1) is 6.92 Å². The number of aryl methyl sites for hydroxylation is 1. The van der Waals surface area contributed by atoms with Crippen LogP contribution in [0.5, 0.6) is 0 Å². The molecule has 122 valence electrons. The number of carbonyl (C=O) groups is 1. The zero-order chi connectivity index (χ0) is 17.2. The van der Waals surface area contributed by atoms with E-state index in [1.165, 1.54) is 6.33 Å². The van der Waals surface area contributed by atoms with Gasteiger partial charge in [-0.1, -0.05) is 18.2 Å². The summed E-state index contributed by atoms with van der Waals surface area (Å²) in [6.45, 7) is 1.94. The minimum Gasteiger partial charge on any atom is -0.322 e. The first-order valence-electron chi connectivity index (χ1n) is 7.71. The molecule has 1 N–H and O–H groups in total. The number of aromatic nitrogens is 5. The largest absolute Gasteiger partial charge is 0.322 e. The van der Waals surface area contributed by atoms with Crippen molar-refractivity contribution in [2.45, 2.75) is 6.92 Å². The zero-order valence-corrected chi connectivity index (χ0v) is 13.4. The minimum absolute atomic E-state index is 0.173. The summed E-state index contributed by atoms with van der Waals surface area (Å²) in [4.78, 5) is 17.0. The van der Waals surface area contributed by atoms with Gasteiger partial charge in [-0.15, -0.1) is 5.10 Å². The van der Waals surface area contributed by atoms with Crippen molar-refractivity contribution in [2.24, 2.45) is 0 Å². The van der Waals surface area contributed by atoms with E-state index in [0.29, 0.717) is 11.3 Å². The number of anilines is 1. The maximum absolute atomic E-state index is 12.7. The summed E-state index contributed by atoms with van der Waals surface area (Å²) in [6, 6.07) is 14.9. The Morgan fingerprint density at radius 3 is 2.80 bits per heavy atom. The van der Waals surface area contributed by atoms with Crippen molar-refractivity contribution in [3.05, 3.63) is 72.2 Å². The summed E-state index contributed by atoms with van der Waals surface area (Å²) in [5.41, 5.74) is 3.90. The van der Waals surface area contributed by atoms with Gasteiger partial charge in [0.05, 0.1) is 16.8 Å². The molecular weight excluding hydrogens is 316 g/mol. The zero-order valence-electron chi connectivity index (χ0n) is 13.4. The molecule has 0 saturated heterocycles. The molecule has 25 heavy (non-hydrogen) atoms. The maximum Gasteiger partial charge on any atom is 0.256 e. The standard InChI is InChI=1S/C18H14N6O/c1-12-10-13(6-7-17(12)24-11-20-22-23-24)21-18(25)15-8-9-19-16-5-3-2-4-14(15)16/h2-11H,1H3,(H,21,25). The molecule has 4 aromatic rings. The number of tetrazole rings is 1. The molecule has 2 heterocycles. The number of pyridine rings is 1. The highest BCUT2D eigenvalue weighted by Gasteiger charge is 2.11. The van der Waals surface area contributed by atoms with Crippen LogP contribution < -0.4 is 5.32 Å². The number of hydrogen-bond donors (Lipinski definition) is 1. The lowest BCUT2D eigenvalue weighted by atomic mass is 10.1. The normalized spacial score (nSPS) is 10.8. The van der Waals surface area contributed by atoms with Crippen LogP contribution in [0.1, 0.15) is 15.9 Å². The van der Waals surface area contributed by atoms with Crippen LogP contribution in [0.2, 0.25) is 0 Å². The third-order valence-electron chi connectivity index (χ3n) is 3.94. The Morgan fingerprint density at radius 2 is 2.00 bits per heavy atom. The van der Waals surface area contributed by atoms with E-state index < -0.39 is 0 Å². The van der Waals surface area contributed by atoms with Crippen molar-refractivity contribution in [2.75, 3.05) is 5.32 Å². The van der Waals surface area contributed by atoms with Gasteiger partial charge in [-0.05, 0) is 53.2 Å². The predicted molar refractivity (Wildman–Crippen MR) is 93.6 cm³/mol. The Kier molecular flexibility index (Phi) is 3.66. The van der Waals surface area contributed by atoms with Gasteiger partial charge in [0.15, 0.2) is 0 Å². The second kappa shape index (κ2) is 6.12. The summed E-state index contributed by atoms with van der Waals surface area (Å²) >= 11 is 0. The number of nitrogens with zero attached hydrogens (tertiary/aromatic N) is 5. The Hall–Kier alpha value is -3.61. The fourth-order valence-corrected chi connectivity index (χ4v) is 2.75. The van der Waals surface area contributed by atoms with Gasteiger partial charge in [0, 0.05) is 17.3 Å². The number of fused-ring (bicyclic) bond motifs is 1. The van der Waals surface area contributed by atoms with Crippen LogP contribution in [0.25, 0.3) is 16.6 Å². The summed E-state index contributed by atoms with van der Waals surface area (Å²) in [7, 11) is 0. The fraction of sp³-hybridized carbons (Fsp3) is 0.0556. The van der Waals surface area contributed by atoms with Crippen LogP contribution in [0.15, 0.2) is 61.1 Å². The molecule has 7 nitrogen and oxygen atoms in total. The van der Waals surface area contributed by atoms with Gasteiger partial charge >= 0.3 is 0 Å². The molecule has 0 fully saturated rings. The van der Waals surface area contributed by atoms with Crippen molar-refractivity contribution >= 4 is 22.5 Å². The van der Waals surface area contributed by atoms with Gasteiger partial charge in [-0.25, -0.2) is 4.68 Å². The average Bonchev–Trinajstić information content (AvgIpc) is 3.15. The van der Waals surface area contributed by atoms with Gasteiger partial charge in [0.25, 0.3) is 5.91 Å². The highest BCUT2D eigenvalue weighted by Crippen LogP contribution is 2.21. The van der Waals surface area contributed by atoms with Gasteiger partial charge in [-0.2, -0.15) is 0 Å². The van der Waals surface area contributed by atoms with Crippen molar-refractivity contribution < 1.29 is 4.79 Å². The highest BCUT2D eigenvalue weighted by molar-refractivity contribution is 6.12. The fourth-order valence-electron chi connectivity index (χ4n) is 2.75. The molecule has 4 rings (SSSR count). The highest BCUT2D eigenvalue weighted by atomic mass is 16.1. The van der Waals surface area contributed by atoms with E-state index in [9.17, 15) is 4.79 Å². The summed E-state index contributed by atoms with van der Waals surface area (Å²) in [6.07, 6.45) is 3.17. The third-order valence-corrected chi connectivity index (χ3v) is 3.94. The predicted octanol–water partition coefficient (Wildman–Crippen LogP) is 2.77. The van der Waals surface area contributed by atoms with E-state index in [2.05, 4.69) is 25.8 Å². The van der Waals surface area contributed by atoms with Crippen LogP contribution in [0.4, 0.5) is 5.69 Å². The van der Waals surface area contributed by atoms with Crippen molar-refractivity contribution in [1.29, 1.82) is 0 Å². The lowest BCUT2D eigenvalue weighted by Gasteiger charge is -2.10. The molecule has 0 bridgehead atoms. The minimum atomic E-state index is -0.173. The molecule has 0 unspecified atom stereocenters. The van der Waals surface area contributed by atoms with Crippen molar-refractivity contribution in [3.8, 4) is 5.69 Å². The molecule has 0 aliphatic rings. The maximum atomic E-state index is 12.7. The first-order chi connectivity index (χ1) is 12.2. The Morgan fingerprint density at radius 1 is 1.12 bits per heavy atom. The van der Waals surface area contributed by atoms with Gasteiger partial charge < -0.3 is 5.32 Å². The molecule has 2 aromatic heterocycles. The van der Waals surface area contributed by atoms with Crippen LogP contribution in [0.3, 0.4) is 0 Å². The number of benzene rings is 2. The van der Waals surface area contributed by atoms with Crippen LogP contribution >= 0.6 is 0 Å². The molecule has 0 spiro atoms. The first kappa shape index (κ1) is 14.9. The average molecular weight is 330 g/mol. The Bertz CT molecular complexity index is 1050. The van der Waals surface area contributed by atoms with Crippen LogP contribution in [-0.2, 0) is 0 Å². The number of nitrogens with one attached hydrogen (secondary N) is 1. The van der Waals surface area contributed by atoms with Gasteiger partial charge in [-0.3, -0.25) is 9.78 Å². The molecule has 0 aliphatic carbocycles. The summed E-state index contributed by atoms with van der Waals surface area (Å²) in [5.74, 6) is -0.173. The molecule has 0 atom stereocenters. The van der Waals surface area contributed by atoms with E-state index in [1.54, 1.807) is 16.9 Å². The molecule has 0 aliphatic heterocycles. The number of carbonyl (C=O) groups excluding carboxylic acids is 1. The topological polar surface area (TPSA) is 85.6 Å². The molecule has 1 amide bonds. The van der Waals surface area contributed by atoms with Crippen LogP contribution in [-0.4, -0.2) is 31.1 Å². The molecule has 0 saturated carbocycles. The monoisotopic (exact) mass is 330 g/mol. The quantitative estimate of drug-likeness (QED) is 0.624. The second-order valence-electron chi connectivity index (χ2n) is 5.59. The van der Waals surface area contributed by atoms with Crippen molar-refractivity contribution in [3.63, 3.8) is 0 Å². The van der Waals surface area contributed by atoms with E-state index in [1.807, 2.05) is 49.4 Å². The van der Waals surface area contributed by atoms with E-state index in [4.69, 9.17) is 0 Å². The van der Waals surface area contributed by atoms with E-state index in [0.717, 1.165) is 22.2 Å². The Balaban J connectivity index is 1.64. The molecule has 7 heteroatoms.